The van der Waals surface area contributed by atoms with E-state index < -0.39 is 0 Å². The molecule has 0 aromatic heterocycles. The molecule has 0 aliphatic carbocycles. The van der Waals surface area contributed by atoms with Crippen molar-refractivity contribution < 1.29 is 9.59 Å². The van der Waals surface area contributed by atoms with Gasteiger partial charge in [0.05, 0.1) is 12.8 Å². The monoisotopic (exact) mass is 400 g/mol. The van der Waals surface area contributed by atoms with Crippen LogP contribution in [0.3, 0.4) is 0 Å². The van der Waals surface area contributed by atoms with E-state index in [-0.39, 0.29) is 17.7 Å². The molecule has 154 valence electrons. The molecule has 0 fully saturated rings. The molecule has 0 aliphatic heterocycles. The molecule has 0 aliphatic rings. The Morgan fingerprint density at radius 3 is 1.33 bits per heavy atom. The van der Waals surface area contributed by atoms with Crippen LogP contribution in [0.15, 0.2) is 91.0 Å². The van der Waals surface area contributed by atoms with E-state index in [1.165, 1.54) is 5.56 Å². The molecule has 0 unspecified atom stereocenters. The van der Waals surface area contributed by atoms with Crippen LogP contribution in [0, 0.1) is 5.92 Å². The Bertz CT molecular complexity index is 854. The molecule has 3 aromatic carbocycles. The normalized spacial score (nSPS) is 10.6. The zero-order chi connectivity index (χ0) is 21.0. The van der Waals surface area contributed by atoms with Crippen LogP contribution in [0.25, 0.3) is 0 Å². The number of nitrogens with one attached hydrogen (secondary N) is 2. The van der Waals surface area contributed by atoms with Gasteiger partial charge in [-0.1, -0.05) is 91.0 Å². The van der Waals surface area contributed by atoms with Crippen LogP contribution in [-0.4, -0.2) is 24.9 Å². The van der Waals surface area contributed by atoms with Gasteiger partial charge in [-0.15, -0.1) is 0 Å². The third-order valence-corrected chi connectivity index (χ3v) is 4.96. The highest BCUT2D eigenvalue weighted by Crippen LogP contribution is 2.09. The van der Waals surface area contributed by atoms with Gasteiger partial charge < -0.3 is 10.6 Å². The van der Waals surface area contributed by atoms with E-state index in [2.05, 4.69) is 22.8 Å². The van der Waals surface area contributed by atoms with Gasteiger partial charge in [0.25, 0.3) is 0 Å². The Labute approximate surface area is 178 Å². The van der Waals surface area contributed by atoms with Crippen molar-refractivity contribution in [1.29, 1.82) is 0 Å². The van der Waals surface area contributed by atoms with Gasteiger partial charge in [-0.3, -0.25) is 9.59 Å². The molecule has 0 bridgehead atoms. The Kier molecular flexibility index (Phi) is 8.22. The fraction of sp³-hybridized carbons (Fsp3) is 0.231. The van der Waals surface area contributed by atoms with Crippen molar-refractivity contribution >= 4 is 11.8 Å². The zero-order valence-corrected chi connectivity index (χ0v) is 17.1. The maximum atomic E-state index is 12.4. The average Bonchev–Trinajstić information content (AvgIpc) is 2.78. The lowest BCUT2D eigenvalue weighted by atomic mass is 9.98. The molecule has 2 N–H and O–H groups in total. The lowest BCUT2D eigenvalue weighted by molar-refractivity contribution is -0.120. The van der Waals surface area contributed by atoms with E-state index in [1.807, 2.05) is 78.9 Å². The molecule has 0 saturated heterocycles. The maximum absolute atomic E-state index is 12.4. The van der Waals surface area contributed by atoms with Gasteiger partial charge in [0.1, 0.15) is 0 Å². The smallest absolute Gasteiger partial charge is 0.224 e. The molecular weight excluding hydrogens is 372 g/mol. The Morgan fingerprint density at radius 1 is 0.567 bits per heavy atom. The summed E-state index contributed by atoms with van der Waals surface area (Å²) in [5.74, 6) is 0.108. The van der Waals surface area contributed by atoms with Crippen LogP contribution >= 0.6 is 0 Å². The molecule has 4 nitrogen and oxygen atoms in total. The van der Waals surface area contributed by atoms with E-state index >= 15 is 0 Å². The summed E-state index contributed by atoms with van der Waals surface area (Å²) in [6, 6.07) is 29.6. The minimum absolute atomic E-state index is 0.00475. The number of carbonyl (C=O) groups excluding carboxylic acids is 2. The van der Waals surface area contributed by atoms with Gasteiger partial charge in [-0.05, 0) is 29.0 Å². The van der Waals surface area contributed by atoms with Gasteiger partial charge in [0.15, 0.2) is 0 Å². The number of benzene rings is 3. The molecule has 2 amide bonds. The molecule has 4 heteroatoms. The lowest BCUT2D eigenvalue weighted by Gasteiger charge is -2.19. The van der Waals surface area contributed by atoms with Crippen molar-refractivity contribution in [2.75, 3.05) is 13.1 Å². The molecule has 0 radical (unpaired) electrons. The van der Waals surface area contributed by atoms with Gasteiger partial charge in [-0.25, -0.2) is 0 Å². The molecule has 30 heavy (non-hydrogen) atoms. The summed E-state index contributed by atoms with van der Waals surface area (Å²) in [5, 5.41) is 6.07. The van der Waals surface area contributed by atoms with Gasteiger partial charge >= 0.3 is 0 Å². The summed E-state index contributed by atoms with van der Waals surface area (Å²) < 4.78 is 0. The zero-order valence-electron chi connectivity index (χ0n) is 17.1. The van der Waals surface area contributed by atoms with E-state index in [9.17, 15) is 9.59 Å². The second-order valence-corrected chi connectivity index (χ2v) is 7.49. The summed E-state index contributed by atoms with van der Waals surface area (Å²) in [7, 11) is 0. The predicted octanol–water partition coefficient (Wildman–Crippen LogP) is 3.56. The quantitative estimate of drug-likeness (QED) is 0.547. The first-order chi connectivity index (χ1) is 14.7. The van der Waals surface area contributed by atoms with Gasteiger partial charge in [-0.2, -0.15) is 0 Å². The lowest BCUT2D eigenvalue weighted by Crippen LogP contribution is -2.38. The number of amides is 2. The Balaban J connectivity index is 1.53. The summed E-state index contributed by atoms with van der Waals surface area (Å²) in [5.41, 5.74) is 3.17. The number of hydrogen-bond acceptors (Lipinski definition) is 2. The molecule has 3 rings (SSSR count). The molecule has 0 spiro atoms. The van der Waals surface area contributed by atoms with E-state index in [4.69, 9.17) is 0 Å². The van der Waals surface area contributed by atoms with Gasteiger partial charge in [0, 0.05) is 13.1 Å². The van der Waals surface area contributed by atoms with Crippen molar-refractivity contribution in [3.8, 4) is 0 Å². The molecular formula is C26H28N2O2. The molecule has 0 atom stereocenters. The highest BCUT2D eigenvalue weighted by atomic mass is 16.2. The highest BCUT2D eigenvalue weighted by molar-refractivity contribution is 5.79. The maximum Gasteiger partial charge on any atom is 0.224 e. The SMILES string of the molecule is O=C(Cc1ccccc1)NCC(CNC(=O)Cc1ccccc1)Cc1ccccc1. The second kappa shape index (κ2) is 11.6. The molecule has 3 aromatic rings. The van der Waals surface area contributed by atoms with E-state index in [1.54, 1.807) is 0 Å². The first kappa shape index (κ1) is 21.3. The van der Waals surface area contributed by atoms with Crippen LogP contribution in [0.4, 0.5) is 0 Å². The molecule has 0 saturated carbocycles. The summed E-state index contributed by atoms with van der Waals surface area (Å²) in [6.45, 7) is 1.04. The third-order valence-electron chi connectivity index (χ3n) is 4.96. The van der Waals surface area contributed by atoms with Gasteiger partial charge in [0.2, 0.25) is 11.8 Å². The minimum atomic E-state index is -0.00475. The predicted molar refractivity (Wildman–Crippen MR) is 120 cm³/mol. The summed E-state index contributed by atoms with van der Waals surface area (Å²) in [4.78, 5) is 24.7. The first-order valence-corrected chi connectivity index (χ1v) is 10.3. The Morgan fingerprint density at radius 2 is 0.933 bits per heavy atom. The summed E-state index contributed by atoms with van der Waals surface area (Å²) >= 11 is 0. The largest absolute Gasteiger partial charge is 0.355 e. The number of hydrogen-bond donors (Lipinski definition) is 2. The van der Waals surface area contributed by atoms with E-state index in [0.29, 0.717) is 25.9 Å². The van der Waals surface area contributed by atoms with Crippen molar-refractivity contribution in [1.82, 2.24) is 10.6 Å². The molecule has 0 heterocycles. The average molecular weight is 401 g/mol. The second-order valence-electron chi connectivity index (χ2n) is 7.49. The van der Waals surface area contributed by atoms with Crippen molar-refractivity contribution in [3.05, 3.63) is 108 Å². The fourth-order valence-corrected chi connectivity index (χ4v) is 3.37. The summed E-state index contributed by atoms with van der Waals surface area (Å²) in [6.07, 6.45) is 1.51. The van der Waals surface area contributed by atoms with Crippen LogP contribution in [0.1, 0.15) is 16.7 Å². The highest BCUT2D eigenvalue weighted by Gasteiger charge is 2.14. The van der Waals surface area contributed by atoms with Crippen LogP contribution in [-0.2, 0) is 28.9 Å². The number of carbonyl (C=O) groups is 2. The fourth-order valence-electron chi connectivity index (χ4n) is 3.37. The van der Waals surface area contributed by atoms with Crippen molar-refractivity contribution in [2.45, 2.75) is 19.3 Å². The topological polar surface area (TPSA) is 58.2 Å². The van der Waals surface area contributed by atoms with Crippen LogP contribution in [0.2, 0.25) is 0 Å². The van der Waals surface area contributed by atoms with Crippen LogP contribution in [0.5, 0.6) is 0 Å². The third kappa shape index (κ3) is 7.55. The van der Waals surface area contributed by atoms with Crippen molar-refractivity contribution in [2.24, 2.45) is 5.92 Å². The first-order valence-electron chi connectivity index (χ1n) is 10.3. The minimum Gasteiger partial charge on any atom is -0.355 e. The van der Waals surface area contributed by atoms with Crippen LogP contribution < -0.4 is 10.6 Å². The van der Waals surface area contributed by atoms with E-state index in [0.717, 1.165) is 17.5 Å². The van der Waals surface area contributed by atoms with Crippen molar-refractivity contribution in [3.63, 3.8) is 0 Å². The standard InChI is InChI=1S/C26H28N2O2/c29-25(17-22-12-6-2-7-13-22)27-19-24(16-21-10-4-1-5-11-21)20-28-26(30)18-23-14-8-3-9-15-23/h1-15,24H,16-20H2,(H,27,29)(H,28,30). The number of rotatable bonds is 10. The Hall–Kier alpha value is -3.40.